The fourth-order valence-electron chi connectivity index (χ4n) is 3.30. The molecular formula is C16H21ClN5O3+. The summed E-state index contributed by atoms with van der Waals surface area (Å²) in [7, 11) is 1.57. The number of nitrogen functional groups attached to an aromatic ring is 1. The van der Waals surface area contributed by atoms with Crippen LogP contribution in [0.25, 0.3) is 0 Å². The number of nitrogens with two attached hydrogens (primary N) is 1. The van der Waals surface area contributed by atoms with Crippen LogP contribution in [-0.4, -0.2) is 40.5 Å². The summed E-state index contributed by atoms with van der Waals surface area (Å²) in [5.74, 6) is 1.14. The molecule has 2 aromatic rings. The van der Waals surface area contributed by atoms with E-state index < -0.39 is 0 Å². The third-order valence-corrected chi connectivity index (χ3v) is 4.89. The molecule has 0 bridgehead atoms. The molecule has 1 unspecified atom stereocenters. The number of anilines is 2. The van der Waals surface area contributed by atoms with Gasteiger partial charge in [0.15, 0.2) is 5.75 Å². The number of aliphatic hydroxyl groups excluding tert-OH is 1. The first-order valence-electron chi connectivity index (χ1n) is 7.84. The van der Waals surface area contributed by atoms with Gasteiger partial charge in [0.1, 0.15) is 11.0 Å². The molecule has 3 rings (SSSR count). The maximum atomic E-state index is 10.1. The topological polar surface area (TPSA) is 109 Å². The van der Waals surface area contributed by atoms with E-state index in [1.807, 2.05) is 11.8 Å². The molecule has 0 saturated heterocycles. The first-order chi connectivity index (χ1) is 11.9. The number of hydrogen-bond donors (Lipinski definition) is 3. The molecular weight excluding hydrogens is 346 g/mol. The fraction of sp³-hybridized carbons (Fsp3) is 0.438. The predicted octanol–water partition coefficient (Wildman–Crippen LogP) is 0.959. The normalized spacial score (nSPS) is 16.2. The minimum absolute atomic E-state index is 0.0628. The number of ether oxygens (including phenoxy) is 1. The molecule has 0 fully saturated rings. The van der Waals surface area contributed by atoms with E-state index in [0.29, 0.717) is 35.9 Å². The summed E-state index contributed by atoms with van der Waals surface area (Å²) in [5.41, 5.74) is 8.84. The SMILES string of the molecule is COc1c(C)c(CN2CC(CO)c3c(Cl)nc(N)nc32)c[n+](O)c1C. The zero-order chi connectivity index (χ0) is 18.3. The van der Waals surface area contributed by atoms with Gasteiger partial charge in [0.25, 0.3) is 5.69 Å². The van der Waals surface area contributed by atoms with E-state index >= 15 is 0 Å². The van der Waals surface area contributed by atoms with Crippen LogP contribution in [-0.2, 0) is 6.54 Å². The molecule has 8 nitrogen and oxygen atoms in total. The van der Waals surface area contributed by atoms with Crippen LogP contribution < -0.4 is 20.1 Å². The molecule has 1 atom stereocenters. The first kappa shape index (κ1) is 17.5. The smallest absolute Gasteiger partial charge is 0.272 e. The monoisotopic (exact) mass is 366 g/mol. The highest BCUT2D eigenvalue weighted by molar-refractivity contribution is 6.30. The lowest BCUT2D eigenvalue weighted by molar-refractivity contribution is -0.909. The van der Waals surface area contributed by atoms with Crippen molar-refractivity contribution in [2.24, 2.45) is 0 Å². The Kier molecular flexibility index (Phi) is 4.57. The van der Waals surface area contributed by atoms with Crippen molar-refractivity contribution < 1.29 is 19.8 Å². The molecule has 2 aromatic heterocycles. The van der Waals surface area contributed by atoms with Crippen molar-refractivity contribution in [2.45, 2.75) is 26.3 Å². The molecule has 0 aromatic carbocycles. The number of rotatable bonds is 4. The van der Waals surface area contributed by atoms with Crippen LogP contribution in [0, 0.1) is 13.8 Å². The first-order valence-corrected chi connectivity index (χ1v) is 8.21. The summed E-state index contributed by atoms with van der Waals surface area (Å²) in [6.45, 7) is 4.63. The average molecular weight is 367 g/mol. The second-order valence-corrected chi connectivity index (χ2v) is 6.47. The van der Waals surface area contributed by atoms with E-state index in [-0.39, 0.29) is 23.6 Å². The minimum atomic E-state index is -0.183. The van der Waals surface area contributed by atoms with Gasteiger partial charge in [-0.25, -0.2) is 4.98 Å². The van der Waals surface area contributed by atoms with Crippen LogP contribution >= 0.6 is 11.6 Å². The third-order valence-electron chi connectivity index (χ3n) is 4.60. The van der Waals surface area contributed by atoms with Crippen molar-refractivity contribution in [1.82, 2.24) is 9.97 Å². The molecule has 134 valence electrons. The van der Waals surface area contributed by atoms with Crippen molar-refractivity contribution in [2.75, 3.05) is 30.9 Å². The van der Waals surface area contributed by atoms with Gasteiger partial charge in [-0.3, -0.25) is 5.21 Å². The van der Waals surface area contributed by atoms with Crippen LogP contribution in [0.1, 0.15) is 28.3 Å². The number of aliphatic hydroxyl groups is 1. The Labute approximate surface area is 150 Å². The van der Waals surface area contributed by atoms with Crippen molar-refractivity contribution in [3.63, 3.8) is 0 Å². The molecule has 0 radical (unpaired) electrons. The van der Waals surface area contributed by atoms with Crippen LogP contribution in [0.2, 0.25) is 5.15 Å². The maximum absolute atomic E-state index is 10.1. The van der Waals surface area contributed by atoms with Gasteiger partial charge in [-0.1, -0.05) is 11.6 Å². The van der Waals surface area contributed by atoms with Crippen LogP contribution in [0.3, 0.4) is 0 Å². The number of aromatic nitrogens is 3. The highest BCUT2D eigenvalue weighted by Crippen LogP contribution is 2.40. The van der Waals surface area contributed by atoms with Gasteiger partial charge in [-0.2, -0.15) is 4.98 Å². The van der Waals surface area contributed by atoms with Crippen LogP contribution in [0.15, 0.2) is 6.20 Å². The summed E-state index contributed by atoms with van der Waals surface area (Å²) in [5, 5.41) is 20.0. The summed E-state index contributed by atoms with van der Waals surface area (Å²) >= 11 is 6.21. The number of hydrogen-bond acceptors (Lipinski definition) is 7. The Morgan fingerprint density at radius 1 is 1.44 bits per heavy atom. The Morgan fingerprint density at radius 2 is 2.16 bits per heavy atom. The average Bonchev–Trinajstić information content (AvgIpc) is 2.91. The van der Waals surface area contributed by atoms with Gasteiger partial charge in [0, 0.05) is 40.8 Å². The summed E-state index contributed by atoms with van der Waals surface area (Å²) in [4.78, 5) is 10.3. The van der Waals surface area contributed by atoms with Gasteiger partial charge in [0.05, 0.1) is 20.3 Å². The Bertz CT molecular complexity index is 830. The standard InChI is InChI=1S/C16H21ClN5O3/c1-8-10(6-22(24)9(2)13(8)25-3)4-21-5-11(7-23)12-14(17)19-16(18)20-15(12)21/h6,11,23-24H,4-5,7H2,1-3H3,(H2,18,19,20)/q+1. The zero-order valence-electron chi connectivity index (χ0n) is 14.3. The number of nitrogens with zero attached hydrogens (tertiary/aromatic N) is 4. The van der Waals surface area contributed by atoms with Crippen LogP contribution in [0.4, 0.5) is 11.8 Å². The lowest BCUT2D eigenvalue weighted by Crippen LogP contribution is -2.36. The largest absolute Gasteiger partial charge is 0.490 e. The lowest BCUT2D eigenvalue weighted by Gasteiger charge is -2.20. The van der Waals surface area contributed by atoms with E-state index in [4.69, 9.17) is 22.1 Å². The summed E-state index contributed by atoms with van der Waals surface area (Å²) < 4.78 is 6.45. The van der Waals surface area contributed by atoms with E-state index in [1.54, 1.807) is 20.2 Å². The van der Waals surface area contributed by atoms with E-state index in [0.717, 1.165) is 15.9 Å². The number of fused-ring (bicyclic) bond motifs is 1. The van der Waals surface area contributed by atoms with Crippen LogP contribution in [0.5, 0.6) is 5.75 Å². The van der Waals surface area contributed by atoms with Crippen molar-refractivity contribution >= 4 is 23.4 Å². The summed E-state index contributed by atoms with van der Waals surface area (Å²) in [6.07, 6.45) is 1.64. The molecule has 9 heteroatoms. The second kappa shape index (κ2) is 6.53. The molecule has 3 heterocycles. The molecule has 1 aliphatic rings. The highest BCUT2D eigenvalue weighted by Gasteiger charge is 2.34. The summed E-state index contributed by atoms with van der Waals surface area (Å²) in [6, 6.07) is 0. The predicted molar refractivity (Wildman–Crippen MR) is 92.2 cm³/mol. The molecule has 0 amide bonds. The minimum Gasteiger partial charge on any atom is -0.490 e. The fourth-order valence-corrected chi connectivity index (χ4v) is 3.62. The van der Waals surface area contributed by atoms with E-state index in [9.17, 15) is 10.3 Å². The molecule has 4 N–H and O–H groups in total. The quantitative estimate of drug-likeness (QED) is 0.420. The van der Waals surface area contributed by atoms with Crippen molar-refractivity contribution in [1.29, 1.82) is 0 Å². The maximum Gasteiger partial charge on any atom is 0.272 e. The van der Waals surface area contributed by atoms with E-state index in [1.165, 1.54) is 0 Å². The molecule has 0 saturated carbocycles. The lowest BCUT2D eigenvalue weighted by atomic mass is 10.1. The molecule has 1 aliphatic heterocycles. The van der Waals surface area contributed by atoms with E-state index in [2.05, 4.69) is 9.97 Å². The van der Waals surface area contributed by atoms with Gasteiger partial charge >= 0.3 is 0 Å². The van der Waals surface area contributed by atoms with Gasteiger partial charge < -0.3 is 20.5 Å². The molecule has 25 heavy (non-hydrogen) atoms. The Morgan fingerprint density at radius 3 is 2.80 bits per heavy atom. The zero-order valence-corrected chi connectivity index (χ0v) is 15.1. The molecule has 0 spiro atoms. The molecule has 0 aliphatic carbocycles. The third kappa shape index (κ3) is 2.91. The van der Waals surface area contributed by atoms with Crippen molar-refractivity contribution in [3.8, 4) is 5.75 Å². The van der Waals surface area contributed by atoms with Crippen molar-refractivity contribution in [3.05, 3.63) is 33.7 Å². The van der Waals surface area contributed by atoms with Gasteiger partial charge in [-0.15, -0.1) is 0 Å². The number of methoxy groups -OCH3 is 1. The highest BCUT2D eigenvalue weighted by atomic mass is 35.5. The number of halogens is 1. The second-order valence-electron chi connectivity index (χ2n) is 6.11. The Hall–Kier alpha value is -2.32. The number of pyridine rings is 1. The Balaban J connectivity index is 2.03. The van der Waals surface area contributed by atoms with Gasteiger partial charge in [0.2, 0.25) is 12.1 Å². The van der Waals surface area contributed by atoms with Gasteiger partial charge in [-0.05, 0) is 6.92 Å².